The van der Waals surface area contributed by atoms with E-state index in [1.54, 1.807) is 25.3 Å². The van der Waals surface area contributed by atoms with Crippen LogP contribution in [0, 0.1) is 0 Å². The number of carbonyl (C=O) groups is 1. The van der Waals surface area contributed by atoms with Crippen LogP contribution in [0.15, 0.2) is 35.1 Å². The molecular weight excluding hydrogens is 206 g/mol. The summed E-state index contributed by atoms with van der Waals surface area (Å²) in [4.78, 5) is 22.1. The molecule has 1 heterocycles. The molecule has 2 rings (SSSR count). The molecule has 0 atom stereocenters. The molecule has 0 saturated heterocycles. The Balaban J connectivity index is 2.73. The summed E-state index contributed by atoms with van der Waals surface area (Å²) < 4.78 is 6.53. The van der Waals surface area contributed by atoms with Gasteiger partial charge in [-0.3, -0.25) is 4.79 Å². The van der Waals surface area contributed by atoms with Crippen molar-refractivity contribution in [2.75, 3.05) is 7.11 Å². The van der Waals surface area contributed by atoms with E-state index in [0.29, 0.717) is 6.29 Å². The first kappa shape index (κ1) is 10.4. The second kappa shape index (κ2) is 4.18. The zero-order valence-corrected chi connectivity index (χ0v) is 8.84. The molecule has 0 spiro atoms. The summed E-state index contributed by atoms with van der Waals surface area (Å²) >= 11 is 0. The third kappa shape index (κ3) is 1.69. The number of ether oxygens (including phenoxy) is 1. The first-order chi connectivity index (χ1) is 7.76. The van der Waals surface area contributed by atoms with Crippen LogP contribution in [0.1, 0.15) is 0 Å². The van der Waals surface area contributed by atoms with Crippen LogP contribution < -0.4 is 10.3 Å². The fourth-order valence-corrected chi connectivity index (χ4v) is 1.67. The summed E-state index contributed by atoms with van der Waals surface area (Å²) in [7, 11) is 1.59. The van der Waals surface area contributed by atoms with Gasteiger partial charge in [0.05, 0.1) is 19.2 Å². The standard InChI is InChI=1S/C12H11NO3/c1-16-10-3-4-11-9(8-10)2-5-12(15)13(11)6-7-14/h2-5,7-8H,6H2,1H3. The quantitative estimate of drug-likeness (QED) is 0.726. The normalized spacial score (nSPS) is 10.3. The van der Waals surface area contributed by atoms with Crippen LogP contribution in [-0.2, 0) is 11.3 Å². The second-order valence-electron chi connectivity index (χ2n) is 3.37. The number of hydrogen-bond donors (Lipinski definition) is 0. The maximum Gasteiger partial charge on any atom is 0.251 e. The Morgan fingerprint density at radius 2 is 2.12 bits per heavy atom. The molecule has 0 saturated carbocycles. The maximum atomic E-state index is 11.6. The number of methoxy groups -OCH3 is 1. The highest BCUT2D eigenvalue weighted by atomic mass is 16.5. The van der Waals surface area contributed by atoms with Crippen molar-refractivity contribution >= 4 is 17.2 Å². The minimum Gasteiger partial charge on any atom is -0.497 e. The molecule has 16 heavy (non-hydrogen) atoms. The number of benzene rings is 1. The average molecular weight is 217 g/mol. The van der Waals surface area contributed by atoms with E-state index in [-0.39, 0.29) is 12.1 Å². The van der Waals surface area contributed by atoms with Gasteiger partial charge in [-0.25, -0.2) is 0 Å². The van der Waals surface area contributed by atoms with Gasteiger partial charge in [-0.15, -0.1) is 0 Å². The van der Waals surface area contributed by atoms with Gasteiger partial charge in [-0.05, 0) is 24.3 Å². The van der Waals surface area contributed by atoms with Crippen molar-refractivity contribution in [3.8, 4) is 5.75 Å². The SMILES string of the molecule is COc1ccc2c(ccc(=O)n2CC=O)c1. The van der Waals surface area contributed by atoms with Gasteiger partial charge in [0.15, 0.2) is 0 Å². The van der Waals surface area contributed by atoms with Gasteiger partial charge in [0.2, 0.25) is 0 Å². The first-order valence-corrected chi connectivity index (χ1v) is 4.87. The van der Waals surface area contributed by atoms with Gasteiger partial charge in [-0.2, -0.15) is 0 Å². The van der Waals surface area contributed by atoms with Crippen LogP contribution in [0.4, 0.5) is 0 Å². The minimum atomic E-state index is -0.176. The fraction of sp³-hybridized carbons (Fsp3) is 0.167. The molecule has 1 aromatic heterocycles. The zero-order valence-electron chi connectivity index (χ0n) is 8.84. The van der Waals surface area contributed by atoms with Crippen LogP contribution in [0.5, 0.6) is 5.75 Å². The predicted octanol–water partition coefficient (Wildman–Crippen LogP) is 1.21. The lowest BCUT2D eigenvalue weighted by Gasteiger charge is -2.07. The highest BCUT2D eigenvalue weighted by Crippen LogP contribution is 2.18. The predicted molar refractivity (Wildman–Crippen MR) is 60.8 cm³/mol. The molecular formula is C12H11NO3. The van der Waals surface area contributed by atoms with Crippen LogP contribution in [-0.4, -0.2) is 18.0 Å². The van der Waals surface area contributed by atoms with Crippen molar-refractivity contribution in [1.29, 1.82) is 0 Å². The molecule has 0 bridgehead atoms. The van der Waals surface area contributed by atoms with Crippen molar-refractivity contribution in [3.05, 3.63) is 40.7 Å². The highest BCUT2D eigenvalue weighted by Gasteiger charge is 2.03. The summed E-state index contributed by atoms with van der Waals surface area (Å²) in [5.74, 6) is 0.726. The van der Waals surface area contributed by atoms with E-state index < -0.39 is 0 Å². The molecule has 4 nitrogen and oxygen atoms in total. The fourth-order valence-electron chi connectivity index (χ4n) is 1.67. The van der Waals surface area contributed by atoms with Crippen molar-refractivity contribution < 1.29 is 9.53 Å². The average Bonchev–Trinajstić information content (AvgIpc) is 2.32. The van der Waals surface area contributed by atoms with E-state index in [0.717, 1.165) is 16.7 Å². The lowest BCUT2D eigenvalue weighted by Crippen LogP contribution is -2.19. The molecule has 0 aliphatic heterocycles. The molecule has 0 aliphatic carbocycles. The third-order valence-electron chi connectivity index (χ3n) is 2.45. The van der Waals surface area contributed by atoms with E-state index in [9.17, 15) is 9.59 Å². The van der Waals surface area contributed by atoms with Crippen LogP contribution in [0.25, 0.3) is 10.9 Å². The number of hydrogen-bond acceptors (Lipinski definition) is 3. The Morgan fingerprint density at radius 3 is 2.81 bits per heavy atom. The number of pyridine rings is 1. The summed E-state index contributed by atoms with van der Waals surface area (Å²) in [5.41, 5.74) is 0.560. The molecule has 2 aromatic rings. The van der Waals surface area contributed by atoms with E-state index in [1.165, 1.54) is 10.6 Å². The highest BCUT2D eigenvalue weighted by molar-refractivity contribution is 5.81. The number of fused-ring (bicyclic) bond motifs is 1. The number of aromatic nitrogens is 1. The van der Waals surface area contributed by atoms with Gasteiger partial charge >= 0.3 is 0 Å². The lowest BCUT2D eigenvalue weighted by molar-refractivity contribution is -0.108. The lowest BCUT2D eigenvalue weighted by atomic mass is 10.2. The van der Waals surface area contributed by atoms with E-state index in [1.807, 2.05) is 6.07 Å². The number of rotatable bonds is 3. The number of nitrogens with zero attached hydrogens (tertiary/aromatic N) is 1. The van der Waals surface area contributed by atoms with E-state index in [4.69, 9.17) is 4.74 Å². The molecule has 0 radical (unpaired) electrons. The van der Waals surface area contributed by atoms with Crippen molar-refractivity contribution in [3.63, 3.8) is 0 Å². The summed E-state index contributed by atoms with van der Waals surface area (Å²) in [5, 5.41) is 0.876. The molecule has 82 valence electrons. The topological polar surface area (TPSA) is 48.3 Å². The van der Waals surface area contributed by atoms with Crippen LogP contribution in [0.3, 0.4) is 0 Å². The Labute approximate surface area is 92.1 Å². The van der Waals surface area contributed by atoms with Crippen molar-refractivity contribution in [1.82, 2.24) is 4.57 Å². The summed E-state index contributed by atoms with van der Waals surface area (Å²) in [6.45, 7) is 0.0719. The minimum absolute atomic E-state index is 0.0719. The molecule has 0 N–H and O–H groups in total. The van der Waals surface area contributed by atoms with Gasteiger partial charge in [-0.1, -0.05) is 0 Å². The Hall–Kier alpha value is -2.10. The van der Waals surface area contributed by atoms with Gasteiger partial charge in [0.25, 0.3) is 5.56 Å². The van der Waals surface area contributed by atoms with Gasteiger partial charge in [0.1, 0.15) is 12.0 Å². The molecule has 0 unspecified atom stereocenters. The van der Waals surface area contributed by atoms with Gasteiger partial charge in [0, 0.05) is 11.5 Å². The molecule has 0 fully saturated rings. The molecule has 4 heteroatoms. The summed E-state index contributed by atoms with van der Waals surface area (Å²) in [6.07, 6.45) is 0.713. The number of aldehydes is 1. The van der Waals surface area contributed by atoms with Crippen LogP contribution >= 0.6 is 0 Å². The Kier molecular flexibility index (Phi) is 2.72. The molecule has 1 aromatic carbocycles. The third-order valence-corrected chi connectivity index (χ3v) is 2.45. The smallest absolute Gasteiger partial charge is 0.251 e. The molecule has 0 aliphatic rings. The zero-order chi connectivity index (χ0) is 11.5. The Morgan fingerprint density at radius 1 is 1.31 bits per heavy atom. The van der Waals surface area contributed by atoms with Crippen molar-refractivity contribution in [2.45, 2.75) is 6.54 Å². The van der Waals surface area contributed by atoms with E-state index >= 15 is 0 Å². The van der Waals surface area contributed by atoms with Gasteiger partial charge < -0.3 is 14.1 Å². The monoisotopic (exact) mass is 217 g/mol. The summed E-state index contributed by atoms with van der Waals surface area (Å²) in [6, 6.07) is 8.55. The second-order valence-corrected chi connectivity index (χ2v) is 3.37. The molecule has 0 amide bonds. The maximum absolute atomic E-state index is 11.6. The van der Waals surface area contributed by atoms with E-state index in [2.05, 4.69) is 0 Å². The largest absolute Gasteiger partial charge is 0.497 e. The first-order valence-electron chi connectivity index (χ1n) is 4.87. The number of carbonyl (C=O) groups excluding carboxylic acids is 1. The van der Waals surface area contributed by atoms with Crippen molar-refractivity contribution in [2.24, 2.45) is 0 Å². The Bertz CT molecular complexity index is 586. The van der Waals surface area contributed by atoms with Crippen LogP contribution in [0.2, 0.25) is 0 Å².